The Bertz CT molecular complexity index is 487. The van der Waals surface area contributed by atoms with E-state index in [-0.39, 0.29) is 12.5 Å². The second-order valence-electron chi connectivity index (χ2n) is 4.19. The number of nitrogens with one attached hydrogen (secondary N) is 2. The summed E-state index contributed by atoms with van der Waals surface area (Å²) in [6, 6.07) is 5.49. The minimum absolute atomic E-state index is 0.0234. The van der Waals surface area contributed by atoms with Crippen LogP contribution in [0.15, 0.2) is 18.2 Å². The van der Waals surface area contributed by atoms with Crippen molar-refractivity contribution in [2.75, 3.05) is 11.9 Å². The Morgan fingerprint density at radius 3 is 3.06 bits per heavy atom. The van der Waals surface area contributed by atoms with E-state index in [0.717, 1.165) is 16.8 Å². The molecule has 96 valence electrons. The molecule has 2 rings (SSSR count). The molecule has 0 bridgehead atoms. The lowest BCUT2D eigenvalue weighted by Crippen LogP contribution is -2.38. The van der Waals surface area contributed by atoms with Crippen LogP contribution in [-0.2, 0) is 22.6 Å². The van der Waals surface area contributed by atoms with Crippen molar-refractivity contribution in [2.45, 2.75) is 19.1 Å². The molecular formula is C12H15N3O3. The van der Waals surface area contributed by atoms with Gasteiger partial charge in [0.2, 0.25) is 11.8 Å². The Hall–Kier alpha value is -1.92. The molecular weight excluding hydrogens is 234 g/mol. The molecule has 1 aliphatic rings. The summed E-state index contributed by atoms with van der Waals surface area (Å²) in [6.45, 7) is 0.200. The van der Waals surface area contributed by atoms with Crippen molar-refractivity contribution in [3.63, 3.8) is 0 Å². The van der Waals surface area contributed by atoms with Gasteiger partial charge in [-0.1, -0.05) is 12.1 Å². The van der Waals surface area contributed by atoms with Crippen LogP contribution in [0.2, 0.25) is 0 Å². The SMILES string of the molecule is NCC(O)C(=O)NCc1ccc2c(c1)CC(=O)N2. The number of benzene rings is 1. The molecule has 0 radical (unpaired) electrons. The third kappa shape index (κ3) is 2.66. The first-order chi connectivity index (χ1) is 8.60. The number of anilines is 1. The largest absolute Gasteiger partial charge is 0.382 e. The molecule has 0 saturated carbocycles. The summed E-state index contributed by atoms with van der Waals surface area (Å²) >= 11 is 0. The number of aliphatic hydroxyl groups excluding tert-OH is 1. The van der Waals surface area contributed by atoms with Gasteiger partial charge in [0.05, 0.1) is 6.42 Å². The molecule has 1 atom stereocenters. The number of aliphatic hydroxyl groups is 1. The number of amides is 2. The van der Waals surface area contributed by atoms with Crippen molar-refractivity contribution < 1.29 is 14.7 Å². The average Bonchev–Trinajstić information content (AvgIpc) is 2.74. The van der Waals surface area contributed by atoms with Crippen LogP contribution in [-0.4, -0.2) is 29.6 Å². The van der Waals surface area contributed by atoms with Gasteiger partial charge in [-0.3, -0.25) is 9.59 Å². The highest BCUT2D eigenvalue weighted by atomic mass is 16.3. The summed E-state index contributed by atoms with van der Waals surface area (Å²) in [5.74, 6) is -0.517. The summed E-state index contributed by atoms with van der Waals surface area (Å²) < 4.78 is 0. The van der Waals surface area contributed by atoms with Crippen LogP contribution in [0.1, 0.15) is 11.1 Å². The van der Waals surface area contributed by atoms with E-state index in [2.05, 4.69) is 10.6 Å². The fourth-order valence-corrected chi connectivity index (χ4v) is 1.81. The molecule has 0 aromatic heterocycles. The lowest BCUT2D eigenvalue weighted by molar-refractivity contribution is -0.129. The van der Waals surface area contributed by atoms with Crippen molar-refractivity contribution in [1.82, 2.24) is 5.32 Å². The molecule has 0 aliphatic carbocycles. The first-order valence-electron chi connectivity index (χ1n) is 5.67. The summed E-state index contributed by atoms with van der Waals surface area (Å²) in [4.78, 5) is 22.5. The second kappa shape index (κ2) is 5.16. The molecule has 1 aliphatic heterocycles. The van der Waals surface area contributed by atoms with Crippen molar-refractivity contribution in [1.29, 1.82) is 0 Å². The van der Waals surface area contributed by atoms with Gasteiger partial charge in [-0.15, -0.1) is 0 Å². The van der Waals surface area contributed by atoms with E-state index in [4.69, 9.17) is 5.73 Å². The minimum atomic E-state index is -1.18. The maximum absolute atomic E-state index is 11.3. The Labute approximate surface area is 104 Å². The third-order valence-corrected chi connectivity index (χ3v) is 2.79. The molecule has 6 nitrogen and oxygen atoms in total. The highest BCUT2D eigenvalue weighted by Crippen LogP contribution is 2.23. The van der Waals surface area contributed by atoms with Crippen LogP contribution in [0, 0.1) is 0 Å². The Kier molecular flexibility index (Phi) is 3.59. The van der Waals surface area contributed by atoms with Crippen molar-refractivity contribution in [3.8, 4) is 0 Å². The van der Waals surface area contributed by atoms with E-state index in [0.29, 0.717) is 13.0 Å². The van der Waals surface area contributed by atoms with Crippen LogP contribution >= 0.6 is 0 Å². The fourth-order valence-electron chi connectivity index (χ4n) is 1.81. The van der Waals surface area contributed by atoms with Gasteiger partial charge < -0.3 is 21.5 Å². The van der Waals surface area contributed by atoms with Crippen LogP contribution < -0.4 is 16.4 Å². The summed E-state index contributed by atoms with van der Waals surface area (Å²) in [7, 11) is 0. The quantitative estimate of drug-likeness (QED) is 0.556. The molecule has 1 aromatic rings. The fraction of sp³-hybridized carbons (Fsp3) is 0.333. The number of rotatable bonds is 4. The van der Waals surface area contributed by atoms with E-state index in [1.54, 1.807) is 6.07 Å². The van der Waals surface area contributed by atoms with E-state index < -0.39 is 12.0 Å². The number of carbonyl (C=O) groups is 2. The van der Waals surface area contributed by atoms with Crippen molar-refractivity contribution in [3.05, 3.63) is 29.3 Å². The normalized spacial score (nSPS) is 14.9. The van der Waals surface area contributed by atoms with Gasteiger partial charge in [0.15, 0.2) is 0 Å². The van der Waals surface area contributed by atoms with E-state index >= 15 is 0 Å². The lowest BCUT2D eigenvalue weighted by atomic mass is 10.1. The first kappa shape index (κ1) is 12.5. The van der Waals surface area contributed by atoms with Gasteiger partial charge in [0, 0.05) is 18.8 Å². The van der Waals surface area contributed by atoms with Crippen LogP contribution in [0.4, 0.5) is 5.69 Å². The minimum Gasteiger partial charge on any atom is -0.382 e. The number of hydrogen-bond donors (Lipinski definition) is 4. The lowest BCUT2D eigenvalue weighted by Gasteiger charge is -2.09. The zero-order valence-electron chi connectivity index (χ0n) is 9.77. The molecule has 1 unspecified atom stereocenters. The number of hydrogen-bond acceptors (Lipinski definition) is 4. The monoisotopic (exact) mass is 249 g/mol. The van der Waals surface area contributed by atoms with Crippen molar-refractivity contribution >= 4 is 17.5 Å². The molecule has 0 spiro atoms. The van der Waals surface area contributed by atoms with Crippen molar-refractivity contribution in [2.24, 2.45) is 5.73 Å². The molecule has 2 amide bonds. The molecule has 6 heteroatoms. The highest BCUT2D eigenvalue weighted by Gasteiger charge is 2.18. The molecule has 0 saturated heterocycles. The Morgan fingerprint density at radius 2 is 2.33 bits per heavy atom. The Morgan fingerprint density at radius 1 is 1.56 bits per heavy atom. The predicted octanol–water partition coefficient (Wildman–Crippen LogP) is -0.883. The van der Waals surface area contributed by atoms with Gasteiger partial charge in [-0.05, 0) is 17.2 Å². The maximum atomic E-state index is 11.3. The molecule has 18 heavy (non-hydrogen) atoms. The second-order valence-corrected chi connectivity index (χ2v) is 4.19. The van der Waals surface area contributed by atoms with E-state index in [1.807, 2.05) is 12.1 Å². The van der Waals surface area contributed by atoms with Gasteiger partial charge in [0.25, 0.3) is 0 Å². The zero-order chi connectivity index (χ0) is 13.1. The van der Waals surface area contributed by atoms with Gasteiger partial charge in [0.1, 0.15) is 6.10 Å². The maximum Gasteiger partial charge on any atom is 0.250 e. The van der Waals surface area contributed by atoms with Crippen LogP contribution in [0.3, 0.4) is 0 Å². The molecule has 1 heterocycles. The number of nitrogens with two attached hydrogens (primary N) is 1. The van der Waals surface area contributed by atoms with E-state index in [9.17, 15) is 14.7 Å². The number of fused-ring (bicyclic) bond motifs is 1. The van der Waals surface area contributed by atoms with Crippen LogP contribution in [0.5, 0.6) is 0 Å². The predicted molar refractivity (Wildman–Crippen MR) is 65.7 cm³/mol. The zero-order valence-corrected chi connectivity index (χ0v) is 9.77. The Balaban J connectivity index is 1.97. The smallest absolute Gasteiger partial charge is 0.250 e. The van der Waals surface area contributed by atoms with E-state index in [1.165, 1.54) is 0 Å². The first-order valence-corrected chi connectivity index (χ1v) is 5.67. The molecule has 1 aromatic carbocycles. The summed E-state index contributed by atoms with van der Waals surface area (Å²) in [5.41, 5.74) is 7.79. The van der Waals surface area contributed by atoms with Gasteiger partial charge >= 0.3 is 0 Å². The standard InChI is InChI=1S/C12H15N3O3/c13-5-10(16)12(18)14-6-7-1-2-9-8(3-7)4-11(17)15-9/h1-3,10,16H,4-6,13H2,(H,14,18)(H,15,17). The van der Waals surface area contributed by atoms with Crippen LogP contribution in [0.25, 0.3) is 0 Å². The highest BCUT2D eigenvalue weighted by molar-refractivity contribution is 5.99. The van der Waals surface area contributed by atoms with Gasteiger partial charge in [-0.25, -0.2) is 0 Å². The molecule has 5 N–H and O–H groups in total. The molecule has 0 fully saturated rings. The summed E-state index contributed by atoms with van der Waals surface area (Å²) in [6.07, 6.45) is -0.814. The number of carbonyl (C=O) groups excluding carboxylic acids is 2. The average molecular weight is 249 g/mol. The topological polar surface area (TPSA) is 104 Å². The third-order valence-electron chi connectivity index (χ3n) is 2.79. The van der Waals surface area contributed by atoms with Gasteiger partial charge in [-0.2, -0.15) is 0 Å². The summed E-state index contributed by atoms with van der Waals surface area (Å²) in [5, 5.41) is 14.5.